The first kappa shape index (κ1) is 21.4. The fraction of sp³-hybridized carbons (Fsp3) is 0.375. The Morgan fingerprint density at radius 3 is 2.52 bits per heavy atom. The number of nitrogens with one attached hydrogen (secondary N) is 1. The van der Waals surface area contributed by atoms with E-state index in [0.717, 1.165) is 36.5 Å². The molecule has 2 aliphatic rings. The molecule has 7 heteroatoms. The molecule has 6 nitrogen and oxygen atoms in total. The number of hydrogen-bond acceptors (Lipinski definition) is 6. The maximum absolute atomic E-state index is 11.9. The molecule has 0 bridgehead atoms. The molecule has 2 aromatic rings. The predicted octanol–water partition coefficient (Wildman–Crippen LogP) is 4.46. The summed E-state index contributed by atoms with van der Waals surface area (Å²) in [6.07, 6.45) is 4.58. The highest BCUT2D eigenvalue weighted by molar-refractivity contribution is 8.15. The van der Waals surface area contributed by atoms with Crippen LogP contribution in [0.15, 0.2) is 64.8 Å². The van der Waals surface area contributed by atoms with E-state index in [1.165, 1.54) is 36.7 Å². The molecule has 0 aliphatic carbocycles. The quantitative estimate of drug-likeness (QED) is 0.514. The second-order valence-corrected chi connectivity index (χ2v) is 8.84. The Balaban J connectivity index is 1.53. The normalized spacial score (nSPS) is 20.7. The molecule has 1 amide bonds. The molecule has 0 aromatic heterocycles. The molecule has 31 heavy (non-hydrogen) atoms. The number of thioether (sulfide) groups is 1. The lowest BCUT2D eigenvalue weighted by Crippen LogP contribution is -2.29. The van der Waals surface area contributed by atoms with Crippen molar-refractivity contribution in [3.8, 4) is 5.75 Å². The first-order chi connectivity index (χ1) is 15.2. The van der Waals surface area contributed by atoms with Crippen LogP contribution >= 0.6 is 11.8 Å². The monoisotopic (exact) mass is 436 g/mol. The largest absolute Gasteiger partial charge is 0.487 e. The summed E-state index contributed by atoms with van der Waals surface area (Å²) in [4.78, 5) is 14.4. The summed E-state index contributed by atoms with van der Waals surface area (Å²) in [5.74, 6) is 0.775. The van der Waals surface area contributed by atoms with Crippen LogP contribution in [0.25, 0.3) is 0 Å². The number of amidine groups is 1. The highest BCUT2D eigenvalue weighted by Crippen LogP contribution is 2.23. The van der Waals surface area contributed by atoms with Gasteiger partial charge in [0.25, 0.3) is 0 Å². The summed E-state index contributed by atoms with van der Waals surface area (Å²) in [5, 5.41) is 12.0. The Hall–Kier alpha value is -2.80. The van der Waals surface area contributed by atoms with Crippen molar-refractivity contribution in [1.82, 2.24) is 5.32 Å². The van der Waals surface area contributed by atoms with E-state index in [-0.39, 0.29) is 11.2 Å². The van der Waals surface area contributed by atoms with Gasteiger partial charge in [0.1, 0.15) is 18.1 Å². The van der Waals surface area contributed by atoms with Gasteiger partial charge in [0.05, 0.1) is 5.25 Å². The number of amides is 1. The van der Waals surface area contributed by atoms with Crippen LogP contribution in [0.2, 0.25) is 0 Å². The van der Waals surface area contributed by atoms with E-state index >= 15 is 0 Å². The maximum atomic E-state index is 11.9. The summed E-state index contributed by atoms with van der Waals surface area (Å²) >= 11 is 1.43. The van der Waals surface area contributed by atoms with Crippen LogP contribution in [0.3, 0.4) is 0 Å². The van der Waals surface area contributed by atoms with E-state index < -0.39 is 0 Å². The first-order valence-corrected chi connectivity index (χ1v) is 11.8. The summed E-state index contributed by atoms with van der Waals surface area (Å²) in [6, 6.07) is 18.1. The van der Waals surface area contributed by atoms with Gasteiger partial charge in [-0.15, -0.1) is 10.2 Å². The fourth-order valence-corrected chi connectivity index (χ4v) is 4.53. The second-order valence-electron chi connectivity index (χ2n) is 7.65. The number of carbonyl (C=O) groups is 1. The van der Waals surface area contributed by atoms with E-state index in [1.54, 1.807) is 0 Å². The zero-order valence-corrected chi connectivity index (χ0v) is 18.6. The van der Waals surface area contributed by atoms with Crippen molar-refractivity contribution in [2.45, 2.75) is 37.9 Å². The molecule has 4 rings (SSSR count). The van der Waals surface area contributed by atoms with E-state index in [9.17, 15) is 4.79 Å². The topological polar surface area (TPSA) is 66.3 Å². The van der Waals surface area contributed by atoms with Gasteiger partial charge >= 0.3 is 0 Å². The number of piperidine rings is 1. The Morgan fingerprint density at radius 2 is 1.84 bits per heavy atom. The van der Waals surface area contributed by atoms with Gasteiger partial charge in [-0.3, -0.25) is 4.79 Å². The van der Waals surface area contributed by atoms with Crippen LogP contribution < -0.4 is 15.0 Å². The minimum Gasteiger partial charge on any atom is -0.487 e. The first-order valence-electron chi connectivity index (χ1n) is 10.9. The number of anilines is 1. The number of rotatable bonds is 7. The molecular weight excluding hydrogens is 408 g/mol. The molecule has 2 heterocycles. The summed E-state index contributed by atoms with van der Waals surface area (Å²) in [6.45, 7) is 4.51. The van der Waals surface area contributed by atoms with E-state index in [2.05, 4.69) is 44.7 Å². The number of carbonyl (C=O) groups excluding carboxylic acids is 1. The minimum atomic E-state index is -0.0956. The zero-order valence-electron chi connectivity index (χ0n) is 17.8. The summed E-state index contributed by atoms with van der Waals surface area (Å²) < 4.78 is 5.94. The van der Waals surface area contributed by atoms with Crippen LogP contribution in [0.4, 0.5) is 5.69 Å². The highest BCUT2D eigenvalue weighted by Gasteiger charge is 2.28. The third-order valence-electron chi connectivity index (χ3n) is 5.45. The number of hydrogen-bond donors (Lipinski definition) is 1. The molecular formula is C24H28N4O2S. The predicted molar refractivity (Wildman–Crippen MR) is 128 cm³/mol. The van der Waals surface area contributed by atoms with Crippen molar-refractivity contribution < 1.29 is 9.53 Å². The number of benzene rings is 2. The number of ether oxygens (including phenoxy) is 1. The van der Waals surface area contributed by atoms with Gasteiger partial charge in [0.2, 0.25) is 5.91 Å². The summed E-state index contributed by atoms with van der Waals surface area (Å²) in [7, 11) is 0. The second kappa shape index (κ2) is 10.5. The standard InChI is InChI=1S/C24H28N4O2S/c1-2-22-23(29)25-24(31-22)27-26-21(17-30-20-9-5-3-6-10-20)18-11-13-19(14-12-18)28-15-7-4-8-16-28/h3,5-6,9-14,22H,2,4,7-8,15-17H2,1H3,(H,25,27,29)/b26-21+. The lowest BCUT2D eigenvalue weighted by atomic mass is 10.1. The average molecular weight is 437 g/mol. The average Bonchev–Trinajstić information content (AvgIpc) is 3.20. The van der Waals surface area contributed by atoms with Gasteiger partial charge < -0.3 is 15.0 Å². The van der Waals surface area contributed by atoms with Crippen molar-refractivity contribution in [2.75, 3.05) is 24.6 Å². The molecule has 2 fully saturated rings. The van der Waals surface area contributed by atoms with Gasteiger partial charge in [0.15, 0.2) is 5.17 Å². The van der Waals surface area contributed by atoms with Crippen LogP contribution in [0, 0.1) is 0 Å². The molecule has 162 valence electrons. The third-order valence-corrected chi connectivity index (χ3v) is 6.69. The Labute approximate surface area is 187 Å². The van der Waals surface area contributed by atoms with Crippen LogP contribution in [-0.2, 0) is 4.79 Å². The zero-order chi connectivity index (χ0) is 21.5. The van der Waals surface area contributed by atoms with Crippen molar-refractivity contribution >= 4 is 34.2 Å². The van der Waals surface area contributed by atoms with Gasteiger partial charge in [-0.05, 0) is 49.9 Å². The van der Waals surface area contributed by atoms with Crippen LogP contribution in [0.5, 0.6) is 5.75 Å². The molecule has 0 saturated carbocycles. The van der Waals surface area contributed by atoms with Gasteiger partial charge in [-0.2, -0.15) is 0 Å². The fourth-order valence-electron chi connectivity index (χ4n) is 3.68. The van der Waals surface area contributed by atoms with Crippen molar-refractivity contribution in [3.05, 3.63) is 60.2 Å². The van der Waals surface area contributed by atoms with E-state index in [0.29, 0.717) is 11.8 Å². The van der Waals surface area contributed by atoms with Crippen molar-refractivity contribution in [3.63, 3.8) is 0 Å². The van der Waals surface area contributed by atoms with Crippen molar-refractivity contribution in [1.29, 1.82) is 0 Å². The molecule has 2 saturated heterocycles. The smallest absolute Gasteiger partial charge is 0.239 e. The Kier molecular flexibility index (Phi) is 7.25. The highest BCUT2D eigenvalue weighted by atomic mass is 32.2. The Bertz CT molecular complexity index is 938. The molecule has 0 radical (unpaired) electrons. The number of para-hydroxylation sites is 1. The third kappa shape index (κ3) is 5.67. The summed E-state index contributed by atoms with van der Waals surface area (Å²) in [5.41, 5.74) is 2.92. The van der Waals surface area contributed by atoms with Crippen molar-refractivity contribution in [2.24, 2.45) is 10.2 Å². The van der Waals surface area contributed by atoms with Gasteiger partial charge in [-0.25, -0.2) is 0 Å². The maximum Gasteiger partial charge on any atom is 0.239 e. The molecule has 1 N–H and O–H groups in total. The van der Waals surface area contributed by atoms with Gasteiger partial charge in [-0.1, -0.05) is 49.0 Å². The molecule has 1 unspecified atom stereocenters. The molecule has 1 atom stereocenters. The molecule has 2 aliphatic heterocycles. The van der Waals surface area contributed by atoms with E-state index in [1.807, 2.05) is 37.3 Å². The minimum absolute atomic E-state index is 0.00517. The lowest BCUT2D eigenvalue weighted by molar-refractivity contribution is -0.118. The van der Waals surface area contributed by atoms with Gasteiger partial charge in [0, 0.05) is 24.3 Å². The van der Waals surface area contributed by atoms with Crippen LogP contribution in [-0.4, -0.2) is 41.7 Å². The van der Waals surface area contributed by atoms with Crippen LogP contribution in [0.1, 0.15) is 38.2 Å². The molecule has 0 spiro atoms. The number of nitrogens with zero attached hydrogens (tertiary/aromatic N) is 3. The SMILES string of the molecule is CCC1S/C(=N\N=C(/COc2ccccc2)c2ccc(N3CCCCC3)cc2)NC1=O. The molecule has 2 aromatic carbocycles. The van der Waals surface area contributed by atoms with E-state index in [4.69, 9.17) is 4.74 Å². The lowest BCUT2D eigenvalue weighted by Gasteiger charge is -2.28. The Morgan fingerprint density at radius 1 is 1.10 bits per heavy atom.